The maximum atomic E-state index is 12.9. The molecule has 0 bridgehead atoms. The molecule has 0 radical (unpaired) electrons. The summed E-state index contributed by atoms with van der Waals surface area (Å²) in [6, 6.07) is 18.1. The van der Waals surface area contributed by atoms with Crippen LogP contribution in [-0.2, 0) is 17.8 Å². The highest BCUT2D eigenvalue weighted by Gasteiger charge is 2.25. The average molecular weight is 340 g/mol. The normalized spacial score (nSPS) is 13.1. The zero-order valence-electron chi connectivity index (χ0n) is 15.3. The van der Waals surface area contributed by atoms with Crippen LogP contribution in [-0.4, -0.2) is 30.5 Å². The molecule has 0 heterocycles. The highest BCUT2D eigenvalue weighted by molar-refractivity contribution is 5.79. The third-order valence-corrected chi connectivity index (χ3v) is 4.49. The van der Waals surface area contributed by atoms with Crippen molar-refractivity contribution in [3.63, 3.8) is 0 Å². The van der Waals surface area contributed by atoms with Crippen LogP contribution in [0.5, 0.6) is 5.75 Å². The number of ether oxygens (including phenoxy) is 1. The summed E-state index contributed by atoms with van der Waals surface area (Å²) in [5, 5.41) is 0. The van der Waals surface area contributed by atoms with Crippen LogP contribution in [0.25, 0.3) is 0 Å². The molecule has 2 aromatic carbocycles. The molecule has 0 fully saturated rings. The van der Waals surface area contributed by atoms with Crippen LogP contribution < -0.4 is 10.5 Å². The molecule has 0 saturated heterocycles. The maximum absolute atomic E-state index is 12.9. The number of amides is 1. The van der Waals surface area contributed by atoms with Gasteiger partial charge in [-0.2, -0.15) is 0 Å². The highest BCUT2D eigenvalue weighted by Crippen LogP contribution is 2.22. The second-order valence-corrected chi connectivity index (χ2v) is 6.45. The van der Waals surface area contributed by atoms with Crippen LogP contribution >= 0.6 is 0 Å². The van der Waals surface area contributed by atoms with Crippen LogP contribution in [0.4, 0.5) is 0 Å². The molecule has 134 valence electrons. The molecule has 0 aliphatic carbocycles. The molecular formula is C21H28N2O2. The molecule has 0 aliphatic heterocycles. The van der Waals surface area contributed by atoms with Crippen molar-refractivity contribution in [2.24, 2.45) is 11.7 Å². The smallest absolute Gasteiger partial charge is 0.227 e. The number of hydrogen-bond acceptors (Lipinski definition) is 3. The van der Waals surface area contributed by atoms with Crippen LogP contribution in [0.2, 0.25) is 0 Å². The van der Waals surface area contributed by atoms with E-state index in [1.807, 2.05) is 66.4 Å². The van der Waals surface area contributed by atoms with Gasteiger partial charge in [-0.15, -0.1) is 0 Å². The molecule has 0 aliphatic rings. The van der Waals surface area contributed by atoms with Crippen molar-refractivity contribution in [1.29, 1.82) is 0 Å². The van der Waals surface area contributed by atoms with E-state index >= 15 is 0 Å². The fraction of sp³-hybridized carbons (Fsp3) is 0.381. The van der Waals surface area contributed by atoms with Gasteiger partial charge in [0.05, 0.1) is 7.11 Å². The van der Waals surface area contributed by atoms with Gasteiger partial charge in [-0.3, -0.25) is 4.79 Å². The number of para-hydroxylation sites is 1. The van der Waals surface area contributed by atoms with E-state index in [9.17, 15) is 4.79 Å². The van der Waals surface area contributed by atoms with Crippen molar-refractivity contribution in [2.45, 2.75) is 32.9 Å². The summed E-state index contributed by atoms with van der Waals surface area (Å²) in [7, 11) is 1.67. The third-order valence-electron chi connectivity index (χ3n) is 4.49. The van der Waals surface area contributed by atoms with Crippen molar-refractivity contribution in [1.82, 2.24) is 4.90 Å². The van der Waals surface area contributed by atoms with Gasteiger partial charge in [0.2, 0.25) is 5.91 Å². The van der Waals surface area contributed by atoms with Crippen molar-refractivity contribution in [3.05, 3.63) is 65.7 Å². The van der Waals surface area contributed by atoms with E-state index in [4.69, 9.17) is 10.5 Å². The summed E-state index contributed by atoms with van der Waals surface area (Å²) >= 11 is 0. The number of nitrogens with zero attached hydrogens (tertiary/aromatic N) is 1. The molecule has 2 N–H and O–H groups in total. The first-order valence-corrected chi connectivity index (χ1v) is 8.73. The Labute approximate surface area is 150 Å². The number of carbonyl (C=O) groups is 1. The van der Waals surface area contributed by atoms with E-state index in [2.05, 4.69) is 6.92 Å². The lowest BCUT2D eigenvalue weighted by atomic mass is 10.0. The maximum Gasteiger partial charge on any atom is 0.227 e. The van der Waals surface area contributed by atoms with Crippen molar-refractivity contribution >= 4 is 5.91 Å². The van der Waals surface area contributed by atoms with Crippen LogP contribution in [0.3, 0.4) is 0 Å². The minimum absolute atomic E-state index is 0.0398. The lowest BCUT2D eigenvalue weighted by Gasteiger charge is -2.32. The van der Waals surface area contributed by atoms with E-state index in [1.165, 1.54) is 0 Å². The molecule has 4 nitrogen and oxygen atoms in total. The topological polar surface area (TPSA) is 55.6 Å². The molecule has 25 heavy (non-hydrogen) atoms. The number of nitrogens with two attached hydrogens (primary N) is 1. The average Bonchev–Trinajstić information content (AvgIpc) is 2.66. The Hall–Kier alpha value is -2.33. The van der Waals surface area contributed by atoms with E-state index in [0.29, 0.717) is 13.1 Å². The number of rotatable bonds is 8. The van der Waals surface area contributed by atoms with Gasteiger partial charge in [0.15, 0.2) is 0 Å². The minimum atomic E-state index is -0.191. The summed E-state index contributed by atoms with van der Waals surface area (Å²) < 4.78 is 5.45. The SMILES string of the molecule is COc1ccccc1CC(C)N(Cc1ccccc1)C(=O)C(C)CN. The Morgan fingerprint density at radius 2 is 1.72 bits per heavy atom. The molecule has 2 unspecified atom stereocenters. The van der Waals surface area contributed by atoms with Crippen molar-refractivity contribution in [2.75, 3.05) is 13.7 Å². The summed E-state index contributed by atoms with van der Waals surface area (Å²) in [5.41, 5.74) is 7.95. The predicted octanol–water partition coefficient (Wildman–Crippen LogP) is 3.25. The molecule has 2 atom stereocenters. The zero-order valence-corrected chi connectivity index (χ0v) is 15.3. The van der Waals surface area contributed by atoms with Crippen LogP contribution in [0.15, 0.2) is 54.6 Å². The van der Waals surface area contributed by atoms with Gasteiger partial charge in [-0.05, 0) is 30.5 Å². The minimum Gasteiger partial charge on any atom is -0.496 e. The van der Waals surface area contributed by atoms with Gasteiger partial charge < -0.3 is 15.4 Å². The second kappa shape index (κ2) is 9.23. The van der Waals surface area contributed by atoms with E-state index in [0.717, 1.165) is 23.3 Å². The molecule has 0 spiro atoms. The van der Waals surface area contributed by atoms with Crippen LogP contribution in [0.1, 0.15) is 25.0 Å². The van der Waals surface area contributed by atoms with Crippen molar-refractivity contribution < 1.29 is 9.53 Å². The number of methoxy groups -OCH3 is 1. The molecule has 2 aromatic rings. The number of carbonyl (C=O) groups excluding carboxylic acids is 1. The summed E-state index contributed by atoms with van der Waals surface area (Å²) in [4.78, 5) is 14.8. The third kappa shape index (κ3) is 5.07. The van der Waals surface area contributed by atoms with E-state index < -0.39 is 0 Å². The van der Waals surface area contributed by atoms with Gasteiger partial charge in [-0.1, -0.05) is 55.5 Å². The van der Waals surface area contributed by atoms with E-state index in [-0.39, 0.29) is 17.9 Å². The first-order valence-electron chi connectivity index (χ1n) is 8.73. The van der Waals surface area contributed by atoms with Gasteiger partial charge in [-0.25, -0.2) is 0 Å². The monoisotopic (exact) mass is 340 g/mol. The standard InChI is InChI=1S/C21H28N2O2/c1-16(14-22)21(24)23(15-18-9-5-4-6-10-18)17(2)13-19-11-7-8-12-20(19)25-3/h4-12,16-17H,13-15,22H2,1-3H3. The highest BCUT2D eigenvalue weighted by atomic mass is 16.5. The predicted molar refractivity (Wildman–Crippen MR) is 101 cm³/mol. The Kier molecular flexibility index (Phi) is 7.02. The Balaban J connectivity index is 2.22. The summed E-state index contributed by atoms with van der Waals surface area (Å²) in [6.07, 6.45) is 0.736. The number of benzene rings is 2. The van der Waals surface area contributed by atoms with E-state index in [1.54, 1.807) is 7.11 Å². The molecule has 0 saturated carbocycles. The van der Waals surface area contributed by atoms with Gasteiger partial charge in [0, 0.05) is 25.0 Å². The summed E-state index contributed by atoms with van der Waals surface area (Å²) in [6.45, 7) is 4.90. The molecule has 2 rings (SSSR count). The fourth-order valence-corrected chi connectivity index (χ4v) is 2.92. The van der Waals surface area contributed by atoms with Gasteiger partial charge in [0.25, 0.3) is 0 Å². The molecule has 4 heteroatoms. The Morgan fingerprint density at radius 1 is 1.08 bits per heavy atom. The summed E-state index contributed by atoms with van der Waals surface area (Å²) in [5.74, 6) is 0.755. The second-order valence-electron chi connectivity index (χ2n) is 6.45. The fourth-order valence-electron chi connectivity index (χ4n) is 2.92. The lowest BCUT2D eigenvalue weighted by Crippen LogP contribution is -2.43. The molecule has 1 amide bonds. The van der Waals surface area contributed by atoms with Crippen molar-refractivity contribution in [3.8, 4) is 5.75 Å². The molecule has 0 aromatic heterocycles. The first-order chi connectivity index (χ1) is 12.1. The first kappa shape index (κ1) is 19.0. The van der Waals surface area contributed by atoms with Crippen LogP contribution in [0, 0.1) is 5.92 Å². The Morgan fingerprint density at radius 3 is 2.36 bits per heavy atom. The number of hydrogen-bond donors (Lipinski definition) is 1. The Bertz CT molecular complexity index is 673. The zero-order chi connectivity index (χ0) is 18.2. The van der Waals surface area contributed by atoms with Gasteiger partial charge >= 0.3 is 0 Å². The van der Waals surface area contributed by atoms with Gasteiger partial charge in [0.1, 0.15) is 5.75 Å². The largest absolute Gasteiger partial charge is 0.496 e. The molecular weight excluding hydrogens is 312 g/mol. The lowest BCUT2D eigenvalue weighted by molar-refractivity contribution is -0.137. The quantitative estimate of drug-likeness (QED) is 0.802.